The Balaban J connectivity index is 1.77. The fourth-order valence-electron chi connectivity index (χ4n) is 2.97. The average Bonchev–Trinajstić information content (AvgIpc) is 2.92. The second-order valence-electron chi connectivity index (χ2n) is 6.04. The standard InChI is InChI=1S/C16H23N5OS/c1-11-8-14(20-16-18-12(2)10-23-16)19-15(17-11)13-4-3-5-21(9-13)6-7-22/h8,10,13,22H,3-7,9H2,1-2H3,(H,17,18,19,20). The highest BCUT2D eigenvalue weighted by molar-refractivity contribution is 7.13. The quantitative estimate of drug-likeness (QED) is 0.875. The summed E-state index contributed by atoms with van der Waals surface area (Å²) in [5, 5.41) is 15.3. The molecule has 0 saturated carbocycles. The van der Waals surface area contributed by atoms with Crippen LogP contribution in [0.15, 0.2) is 11.4 Å². The Morgan fingerprint density at radius 3 is 2.91 bits per heavy atom. The van der Waals surface area contributed by atoms with E-state index in [1.807, 2.05) is 25.3 Å². The van der Waals surface area contributed by atoms with Gasteiger partial charge in [-0.15, -0.1) is 11.3 Å². The molecule has 1 atom stereocenters. The number of aliphatic hydroxyl groups is 1. The molecule has 124 valence electrons. The number of likely N-dealkylation sites (tertiary alicyclic amines) is 1. The number of nitrogens with zero attached hydrogens (tertiary/aromatic N) is 4. The Labute approximate surface area is 140 Å². The predicted molar refractivity (Wildman–Crippen MR) is 92.4 cm³/mol. The number of β-amino-alcohol motifs (C(OH)–C–C–N with tert-alkyl or cyclic N) is 1. The summed E-state index contributed by atoms with van der Waals surface area (Å²) in [5.41, 5.74) is 1.97. The van der Waals surface area contributed by atoms with Crippen molar-refractivity contribution >= 4 is 22.3 Å². The Morgan fingerprint density at radius 2 is 2.17 bits per heavy atom. The zero-order valence-electron chi connectivity index (χ0n) is 13.6. The van der Waals surface area contributed by atoms with Crippen LogP contribution in [0.1, 0.15) is 36.0 Å². The van der Waals surface area contributed by atoms with Gasteiger partial charge in [-0.1, -0.05) is 0 Å². The van der Waals surface area contributed by atoms with Crippen LogP contribution in [0.2, 0.25) is 0 Å². The fraction of sp³-hybridized carbons (Fsp3) is 0.562. The molecule has 3 heterocycles. The smallest absolute Gasteiger partial charge is 0.188 e. The summed E-state index contributed by atoms with van der Waals surface area (Å²) in [6, 6.07) is 1.95. The summed E-state index contributed by atoms with van der Waals surface area (Å²) in [4.78, 5) is 16.1. The molecule has 1 aliphatic heterocycles. The number of anilines is 2. The van der Waals surface area contributed by atoms with Crippen molar-refractivity contribution in [1.29, 1.82) is 0 Å². The topological polar surface area (TPSA) is 74.2 Å². The first-order valence-electron chi connectivity index (χ1n) is 8.02. The number of rotatable bonds is 5. The zero-order valence-corrected chi connectivity index (χ0v) is 14.4. The molecule has 0 aromatic carbocycles. The molecule has 1 unspecified atom stereocenters. The molecule has 0 radical (unpaired) electrons. The first kappa shape index (κ1) is 16.3. The third-order valence-electron chi connectivity index (χ3n) is 4.01. The lowest BCUT2D eigenvalue weighted by Gasteiger charge is -2.31. The maximum atomic E-state index is 9.14. The van der Waals surface area contributed by atoms with E-state index >= 15 is 0 Å². The van der Waals surface area contributed by atoms with Crippen LogP contribution in [0.25, 0.3) is 0 Å². The monoisotopic (exact) mass is 333 g/mol. The molecule has 2 aromatic heterocycles. The van der Waals surface area contributed by atoms with E-state index < -0.39 is 0 Å². The summed E-state index contributed by atoms with van der Waals surface area (Å²) in [7, 11) is 0. The lowest BCUT2D eigenvalue weighted by Crippen LogP contribution is -2.36. The van der Waals surface area contributed by atoms with Crippen molar-refractivity contribution in [2.45, 2.75) is 32.6 Å². The van der Waals surface area contributed by atoms with Gasteiger partial charge >= 0.3 is 0 Å². The maximum absolute atomic E-state index is 9.14. The Kier molecular flexibility index (Phi) is 5.20. The third-order valence-corrected chi connectivity index (χ3v) is 4.89. The van der Waals surface area contributed by atoms with Gasteiger partial charge in [0.1, 0.15) is 11.6 Å². The van der Waals surface area contributed by atoms with Crippen molar-refractivity contribution in [1.82, 2.24) is 19.9 Å². The summed E-state index contributed by atoms with van der Waals surface area (Å²) in [5.74, 6) is 2.03. The summed E-state index contributed by atoms with van der Waals surface area (Å²) >= 11 is 1.58. The van der Waals surface area contributed by atoms with E-state index in [4.69, 9.17) is 10.1 Å². The highest BCUT2D eigenvalue weighted by Crippen LogP contribution is 2.26. The molecule has 1 saturated heterocycles. The number of nitrogens with one attached hydrogen (secondary N) is 1. The Hall–Kier alpha value is -1.57. The van der Waals surface area contributed by atoms with Crippen LogP contribution in [0, 0.1) is 13.8 Å². The van der Waals surface area contributed by atoms with Gasteiger partial charge in [-0.3, -0.25) is 0 Å². The Morgan fingerprint density at radius 1 is 1.30 bits per heavy atom. The molecule has 3 rings (SSSR count). The van der Waals surface area contributed by atoms with Gasteiger partial charge in [0.15, 0.2) is 5.13 Å². The van der Waals surface area contributed by atoms with Crippen LogP contribution in [0.4, 0.5) is 10.9 Å². The molecule has 2 aromatic rings. The average molecular weight is 333 g/mol. The van der Waals surface area contributed by atoms with Gasteiger partial charge in [-0.05, 0) is 33.2 Å². The molecular formula is C16H23N5OS. The molecule has 23 heavy (non-hydrogen) atoms. The van der Waals surface area contributed by atoms with E-state index in [1.54, 1.807) is 11.3 Å². The summed E-state index contributed by atoms with van der Waals surface area (Å²) in [6.45, 7) is 6.88. The van der Waals surface area contributed by atoms with E-state index in [0.717, 1.165) is 60.6 Å². The molecule has 0 spiro atoms. The lowest BCUT2D eigenvalue weighted by atomic mass is 9.97. The molecular weight excluding hydrogens is 310 g/mol. The summed E-state index contributed by atoms with van der Waals surface area (Å²) < 4.78 is 0. The molecule has 0 amide bonds. The number of hydrogen-bond donors (Lipinski definition) is 2. The van der Waals surface area contributed by atoms with E-state index in [-0.39, 0.29) is 6.61 Å². The number of thiazole rings is 1. The lowest BCUT2D eigenvalue weighted by molar-refractivity contribution is 0.159. The van der Waals surface area contributed by atoms with Crippen molar-refractivity contribution in [2.75, 3.05) is 31.6 Å². The number of aromatic nitrogens is 3. The van der Waals surface area contributed by atoms with Crippen LogP contribution >= 0.6 is 11.3 Å². The fourth-order valence-corrected chi connectivity index (χ4v) is 3.66. The highest BCUT2D eigenvalue weighted by atomic mass is 32.1. The second kappa shape index (κ2) is 7.33. The minimum atomic E-state index is 0.206. The first-order valence-corrected chi connectivity index (χ1v) is 8.90. The predicted octanol–water partition coefficient (Wildman–Crippen LogP) is 2.47. The van der Waals surface area contributed by atoms with Crippen molar-refractivity contribution < 1.29 is 5.11 Å². The van der Waals surface area contributed by atoms with Crippen LogP contribution in [-0.2, 0) is 0 Å². The van der Waals surface area contributed by atoms with Crippen molar-refractivity contribution in [2.24, 2.45) is 0 Å². The highest BCUT2D eigenvalue weighted by Gasteiger charge is 2.23. The normalized spacial score (nSPS) is 19.0. The van der Waals surface area contributed by atoms with Gasteiger partial charge in [0, 0.05) is 36.1 Å². The van der Waals surface area contributed by atoms with E-state index in [0.29, 0.717) is 5.92 Å². The van der Waals surface area contributed by atoms with Gasteiger partial charge in [-0.2, -0.15) is 0 Å². The van der Waals surface area contributed by atoms with Crippen molar-refractivity contribution in [3.05, 3.63) is 28.7 Å². The van der Waals surface area contributed by atoms with Crippen LogP contribution in [-0.4, -0.2) is 51.2 Å². The molecule has 6 nitrogen and oxygen atoms in total. The van der Waals surface area contributed by atoms with Gasteiger partial charge < -0.3 is 15.3 Å². The van der Waals surface area contributed by atoms with E-state index in [2.05, 4.69) is 20.2 Å². The third kappa shape index (κ3) is 4.25. The van der Waals surface area contributed by atoms with Gasteiger partial charge in [0.25, 0.3) is 0 Å². The van der Waals surface area contributed by atoms with Crippen LogP contribution < -0.4 is 5.32 Å². The largest absolute Gasteiger partial charge is 0.395 e. The number of aryl methyl sites for hydroxylation is 2. The SMILES string of the molecule is Cc1cc(Nc2nc(C)cs2)nc(C2CCCN(CCO)C2)n1. The maximum Gasteiger partial charge on any atom is 0.188 e. The van der Waals surface area contributed by atoms with Gasteiger partial charge in [0.2, 0.25) is 0 Å². The number of hydrogen-bond acceptors (Lipinski definition) is 7. The zero-order chi connectivity index (χ0) is 16.2. The minimum absolute atomic E-state index is 0.206. The van der Waals surface area contributed by atoms with Gasteiger partial charge in [-0.25, -0.2) is 15.0 Å². The number of aliphatic hydroxyl groups excluding tert-OH is 1. The molecule has 7 heteroatoms. The van der Waals surface area contributed by atoms with Crippen molar-refractivity contribution in [3.8, 4) is 0 Å². The second-order valence-corrected chi connectivity index (χ2v) is 6.89. The summed E-state index contributed by atoms with van der Waals surface area (Å²) in [6.07, 6.45) is 2.22. The molecule has 0 bridgehead atoms. The Bertz CT molecular complexity index is 658. The van der Waals surface area contributed by atoms with Gasteiger partial charge in [0.05, 0.1) is 12.3 Å². The molecule has 1 fully saturated rings. The number of piperidine rings is 1. The van der Waals surface area contributed by atoms with E-state index in [1.165, 1.54) is 0 Å². The van der Waals surface area contributed by atoms with Crippen LogP contribution in [0.3, 0.4) is 0 Å². The van der Waals surface area contributed by atoms with Crippen LogP contribution in [0.5, 0.6) is 0 Å². The minimum Gasteiger partial charge on any atom is -0.395 e. The molecule has 1 aliphatic rings. The first-order chi connectivity index (χ1) is 11.1. The molecule has 2 N–H and O–H groups in total. The van der Waals surface area contributed by atoms with Crippen molar-refractivity contribution in [3.63, 3.8) is 0 Å². The molecule has 0 aliphatic carbocycles. The van der Waals surface area contributed by atoms with E-state index in [9.17, 15) is 0 Å².